The van der Waals surface area contributed by atoms with Crippen molar-refractivity contribution in [1.82, 2.24) is 9.97 Å². The molecule has 4 nitrogen and oxygen atoms in total. The maximum atomic E-state index is 5.43. The van der Waals surface area contributed by atoms with E-state index in [2.05, 4.69) is 31.0 Å². The first kappa shape index (κ1) is 13.5. The molecule has 0 aliphatic rings. The minimum Gasteiger partial charge on any atom is -0.497 e. The molecule has 3 aromatic rings. The van der Waals surface area contributed by atoms with Crippen LogP contribution in [0, 0.1) is 13.8 Å². The zero-order chi connectivity index (χ0) is 15.0. The van der Waals surface area contributed by atoms with Crippen molar-refractivity contribution in [3.05, 3.63) is 41.5 Å². The van der Waals surface area contributed by atoms with Crippen molar-refractivity contribution in [2.45, 2.75) is 13.8 Å². The summed E-state index contributed by atoms with van der Waals surface area (Å²) >= 11 is 0. The van der Waals surface area contributed by atoms with Crippen LogP contribution in [0.25, 0.3) is 22.4 Å². The number of aromatic nitrogens is 2. The van der Waals surface area contributed by atoms with Crippen molar-refractivity contribution < 1.29 is 9.47 Å². The second kappa shape index (κ2) is 5.13. The van der Waals surface area contributed by atoms with Crippen LogP contribution in [0.5, 0.6) is 11.5 Å². The van der Waals surface area contributed by atoms with Gasteiger partial charge < -0.3 is 14.5 Å². The summed E-state index contributed by atoms with van der Waals surface area (Å²) in [7, 11) is 3.31. The first-order valence-electron chi connectivity index (χ1n) is 6.81. The minimum atomic E-state index is 0.768. The number of aromatic amines is 1. The summed E-state index contributed by atoms with van der Waals surface area (Å²) in [6, 6.07) is 9.93. The second-order valence-electron chi connectivity index (χ2n) is 5.13. The van der Waals surface area contributed by atoms with Gasteiger partial charge in [0.15, 0.2) is 0 Å². The van der Waals surface area contributed by atoms with Gasteiger partial charge in [0.05, 0.1) is 30.8 Å². The zero-order valence-electron chi connectivity index (χ0n) is 12.7. The van der Waals surface area contributed by atoms with Gasteiger partial charge in [-0.2, -0.15) is 0 Å². The lowest BCUT2D eigenvalue weighted by atomic mass is 10.1. The van der Waals surface area contributed by atoms with E-state index in [9.17, 15) is 0 Å². The van der Waals surface area contributed by atoms with Gasteiger partial charge in [0.25, 0.3) is 0 Å². The highest BCUT2D eigenvalue weighted by Gasteiger charge is 2.13. The molecule has 0 atom stereocenters. The molecule has 4 heteroatoms. The Balaban J connectivity index is 2.22. The van der Waals surface area contributed by atoms with Crippen LogP contribution in [0.15, 0.2) is 30.3 Å². The third kappa shape index (κ3) is 2.33. The van der Waals surface area contributed by atoms with Gasteiger partial charge in [0.1, 0.15) is 17.3 Å². The van der Waals surface area contributed by atoms with Gasteiger partial charge >= 0.3 is 0 Å². The molecule has 2 aromatic carbocycles. The average Bonchev–Trinajstić information content (AvgIpc) is 2.90. The SMILES string of the molecule is COc1ccc(OC)c(-c2nc3c(C)cc(C)cc3[nH]2)c1. The summed E-state index contributed by atoms with van der Waals surface area (Å²) in [5.74, 6) is 2.33. The van der Waals surface area contributed by atoms with E-state index in [1.165, 1.54) is 5.56 Å². The van der Waals surface area contributed by atoms with Crippen LogP contribution in [0.2, 0.25) is 0 Å². The standard InChI is InChI=1S/C17H18N2O2/c1-10-7-11(2)16-14(8-10)18-17(19-16)13-9-12(20-3)5-6-15(13)21-4/h5-9H,1-4H3,(H,18,19). The summed E-state index contributed by atoms with van der Waals surface area (Å²) in [4.78, 5) is 8.09. The van der Waals surface area contributed by atoms with Gasteiger partial charge in [-0.05, 0) is 49.2 Å². The van der Waals surface area contributed by atoms with Crippen molar-refractivity contribution in [3.63, 3.8) is 0 Å². The van der Waals surface area contributed by atoms with Crippen molar-refractivity contribution in [2.75, 3.05) is 14.2 Å². The number of benzene rings is 2. The van der Waals surface area contributed by atoms with Crippen molar-refractivity contribution in [3.8, 4) is 22.9 Å². The molecule has 0 aliphatic heterocycles. The van der Waals surface area contributed by atoms with Crippen molar-refractivity contribution in [2.24, 2.45) is 0 Å². The van der Waals surface area contributed by atoms with E-state index in [-0.39, 0.29) is 0 Å². The highest BCUT2D eigenvalue weighted by molar-refractivity contribution is 5.84. The Morgan fingerprint density at radius 3 is 2.52 bits per heavy atom. The predicted octanol–water partition coefficient (Wildman–Crippen LogP) is 3.86. The molecule has 21 heavy (non-hydrogen) atoms. The van der Waals surface area contributed by atoms with Crippen LogP contribution in [0.3, 0.4) is 0 Å². The van der Waals surface area contributed by atoms with Gasteiger partial charge in [-0.1, -0.05) is 6.07 Å². The van der Waals surface area contributed by atoms with Crippen molar-refractivity contribution >= 4 is 11.0 Å². The number of nitrogens with one attached hydrogen (secondary N) is 1. The van der Waals surface area contributed by atoms with Crippen LogP contribution < -0.4 is 9.47 Å². The summed E-state index contributed by atoms with van der Waals surface area (Å²) < 4.78 is 10.7. The Bertz CT molecular complexity index is 806. The molecule has 1 aromatic heterocycles. The monoisotopic (exact) mass is 282 g/mol. The second-order valence-corrected chi connectivity index (χ2v) is 5.13. The Labute approximate surface area is 123 Å². The molecule has 0 aliphatic carbocycles. The Morgan fingerprint density at radius 2 is 1.81 bits per heavy atom. The number of hydrogen-bond donors (Lipinski definition) is 1. The first-order valence-corrected chi connectivity index (χ1v) is 6.81. The number of imidazole rings is 1. The van der Waals surface area contributed by atoms with E-state index < -0.39 is 0 Å². The van der Waals surface area contributed by atoms with Gasteiger partial charge in [-0.15, -0.1) is 0 Å². The molecule has 0 radical (unpaired) electrons. The van der Waals surface area contributed by atoms with E-state index in [0.29, 0.717) is 0 Å². The molecule has 0 saturated carbocycles. The molecular weight excluding hydrogens is 264 g/mol. The van der Waals surface area contributed by atoms with E-state index in [1.54, 1.807) is 14.2 Å². The number of rotatable bonds is 3. The molecule has 0 bridgehead atoms. The van der Waals surface area contributed by atoms with Crippen LogP contribution in [-0.4, -0.2) is 24.2 Å². The van der Waals surface area contributed by atoms with E-state index in [0.717, 1.165) is 39.5 Å². The number of methoxy groups -OCH3 is 2. The van der Waals surface area contributed by atoms with E-state index in [4.69, 9.17) is 14.5 Å². The summed E-state index contributed by atoms with van der Waals surface area (Å²) in [5.41, 5.74) is 5.29. The van der Waals surface area contributed by atoms with Crippen LogP contribution in [0.1, 0.15) is 11.1 Å². The van der Waals surface area contributed by atoms with Crippen molar-refractivity contribution in [1.29, 1.82) is 0 Å². The zero-order valence-corrected chi connectivity index (χ0v) is 12.7. The number of ether oxygens (including phenoxy) is 2. The smallest absolute Gasteiger partial charge is 0.142 e. The van der Waals surface area contributed by atoms with Crippen LogP contribution >= 0.6 is 0 Å². The highest BCUT2D eigenvalue weighted by Crippen LogP contribution is 2.33. The number of H-pyrrole nitrogens is 1. The van der Waals surface area contributed by atoms with Gasteiger partial charge in [0, 0.05) is 0 Å². The molecule has 0 fully saturated rings. The lowest BCUT2D eigenvalue weighted by molar-refractivity contribution is 0.404. The molecule has 0 amide bonds. The largest absolute Gasteiger partial charge is 0.497 e. The molecule has 1 N–H and O–H groups in total. The predicted molar refractivity (Wildman–Crippen MR) is 84.1 cm³/mol. The average molecular weight is 282 g/mol. The molecule has 108 valence electrons. The molecule has 0 saturated heterocycles. The Kier molecular flexibility index (Phi) is 3.29. The minimum absolute atomic E-state index is 0.768. The summed E-state index contributed by atoms with van der Waals surface area (Å²) in [6.45, 7) is 4.15. The number of aryl methyl sites for hydroxylation is 2. The van der Waals surface area contributed by atoms with Gasteiger partial charge in [0.2, 0.25) is 0 Å². The molecule has 3 rings (SSSR count). The topological polar surface area (TPSA) is 47.1 Å². The maximum Gasteiger partial charge on any atom is 0.142 e. The molecule has 0 unspecified atom stereocenters. The van der Waals surface area contributed by atoms with Gasteiger partial charge in [-0.25, -0.2) is 4.98 Å². The third-order valence-electron chi connectivity index (χ3n) is 3.58. The summed E-state index contributed by atoms with van der Waals surface area (Å²) in [6.07, 6.45) is 0. The van der Waals surface area contributed by atoms with Gasteiger partial charge in [-0.3, -0.25) is 0 Å². The highest BCUT2D eigenvalue weighted by atomic mass is 16.5. The number of hydrogen-bond acceptors (Lipinski definition) is 3. The maximum absolute atomic E-state index is 5.43. The van der Waals surface area contributed by atoms with Crippen LogP contribution in [-0.2, 0) is 0 Å². The molecule has 0 spiro atoms. The Hall–Kier alpha value is -2.49. The number of nitrogens with zero attached hydrogens (tertiary/aromatic N) is 1. The lowest BCUT2D eigenvalue weighted by Crippen LogP contribution is -1.91. The Morgan fingerprint density at radius 1 is 1.00 bits per heavy atom. The molecule has 1 heterocycles. The first-order chi connectivity index (χ1) is 10.1. The van der Waals surface area contributed by atoms with E-state index in [1.807, 2.05) is 18.2 Å². The fourth-order valence-corrected chi connectivity index (χ4v) is 2.60. The number of fused-ring (bicyclic) bond motifs is 1. The molecular formula is C17H18N2O2. The third-order valence-corrected chi connectivity index (χ3v) is 3.58. The fraction of sp³-hybridized carbons (Fsp3) is 0.235. The normalized spacial score (nSPS) is 10.9. The summed E-state index contributed by atoms with van der Waals surface area (Å²) in [5, 5.41) is 0. The lowest BCUT2D eigenvalue weighted by Gasteiger charge is -2.08. The van der Waals surface area contributed by atoms with Crippen LogP contribution in [0.4, 0.5) is 0 Å². The quantitative estimate of drug-likeness (QED) is 0.793. The fourth-order valence-electron chi connectivity index (χ4n) is 2.60. The van der Waals surface area contributed by atoms with E-state index >= 15 is 0 Å².